The molecule has 0 saturated heterocycles. The van der Waals surface area contributed by atoms with Crippen molar-refractivity contribution < 1.29 is 4.39 Å². The molecule has 94 valence electrons. The van der Waals surface area contributed by atoms with Gasteiger partial charge in [-0.2, -0.15) is 0 Å². The van der Waals surface area contributed by atoms with E-state index < -0.39 is 0 Å². The first-order valence-corrected chi connectivity index (χ1v) is 6.72. The van der Waals surface area contributed by atoms with Crippen LogP contribution in [0.4, 0.5) is 10.1 Å². The van der Waals surface area contributed by atoms with E-state index in [1.165, 1.54) is 38.2 Å². The fraction of sp³-hybridized carbons (Fsp3) is 0.600. The first-order valence-electron chi connectivity index (χ1n) is 6.72. The second-order valence-electron chi connectivity index (χ2n) is 5.21. The highest BCUT2D eigenvalue weighted by Gasteiger charge is 2.21. The minimum Gasteiger partial charge on any atom is -0.380 e. The van der Waals surface area contributed by atoms with Crippen molar-refractivity contribution in [1.29, 1.82) is 0 Å². The van der Waals surface area contributed by atoms with Crippen LogP contribution in [0.5, 0.6) is 0 Å². The number of anilines is 1. The first-order chi connectivity index (χ1) is 8.20. The molecule has 1 aromatic carbocycles. The van der Waals surface area contributed by atoms with Gasteiger partial charge in [-0.15, -0.1) is 0 Å². The van der Waals surface area contributed by atoms with Gasteiger partial charge in [0.2, 0.25) is 0 Å². The van der Waals surface area contributed by atoms with E-state index in [1.807, 2.05) is 13.0 Å². The number of nitrogens with one attached hydrogen (secondary N) is 1. The van der Waals surface area contributed by atoms with Gasteiger partial charge in [0.25, 0.3) is 0 Å². The number of halogens is 1. The number of hydrogen-bond acceptors (Lipinski definition) is 1. The number of rotatable bonds is 3. The monoisotopic (exact) mass is 235 g/mol. The fourth-order valence-electron chi connectivity index (χ4n) is 2.81. The summed E-state index contributed by atoms with van der Waals surface area (Å²) in [6.45, 7) is 4.22. The van der Waals surface area contributed by atoms with Gasteiger partial charge in [0, 0.05) is 6.04 Å². The lowest BCUT2D eigenvalue weighted by Crippen LogP contribution is -2.27. The maximum atomic E-state index is 13.7. The zero-order chi connectivity index (χ0) is 12.3. The van der Waals surface area contributed by atoms with Crippen LogP contribution in [0.1, 0.15) is 44.6 Å². The van der Waals surface area contributed by atoms with Crippen molar-refractivity contribution in [3.05, 3.63) is 29.6 Å². The average molecular weight is 235 g/mol. The maximum Gasteiger partial charge on any atom is 0.146 e. The van der Waals surface area contributed by atoms with Crippen LogP contribution < -0.4 is 5.32 Å². The molecule has 0 spiro atoms. The highest BCUT2D eigenvalue weighted by Crippen LogP contribution is 2.30. The smallest absolute Gasteiger partial charge is 0.146 e. The lowest BCUT2D eigenvalue weighted by Gasteiger charge is -2.30. The summed E-state index contributed by atoms with van der Waals surface area (Å²) in [5.74, 6) is 0.692. The third kappa shape index (κ3) is 2.99. The Balaban J connectivity index is 2.05. The lowest BCUT2D eigenvalue weighted by molar-refractivity contribution is 0.327. The molecule has 1 saturated carbocycles. The van der Waals surface area contributed by atoms with E-state index in [1.54, 1.807) is 6.07 Å². The van der Waals surface area contributed by atoms with Gasteiger partial charge in [0.15, 0.2) is 0 Å². The molecule has 17 heavy (non-hydrogen) atoms. The van der Waals surface area contributed by atoms with E-state index in [0.29, 0.717) is 11.7 Å². The Morgan fingerprint density at radius 1 is 1.35 bits per heavy atom. The molecule has 0 radical (unpaired) electrons. The molecule has 1 N–H and O–H groups in total. The van der Waals surface area contributed by atoms with Gasteiger partial charge < -0.3 is 5.32 Å². The SMILES string of the molecule is CCC1CCCC(Nc2c(C)cccc2F)C1. The van der Waals surface area contributed by atoms with E-state index in [9.17, 15) is 4.39 Å². The standard InChI is InChI=1S/C15H22FN/c1-3-12-7-5-8-13(10-12)17-15-11(2)6-4-9-14(15)16/h4,6,9,12-13,17H,3,5,7-8,10H2,1-2H3. The average Bonchev–Trinajstić information content (AvgIpc) is 2.34. The largest absolute Gasteiger partial charge is 0.380 e. The van der Waals surface area contributed by atoms with Gasteiger partial charge in [0.1, 0.15) is 5.82 Å². The van der Waals surface area contributed by atoms with Crippen molar-refractivity contribution in [2.24, 2.45) is 5.92 Å². The number of hydrogen-bond donors (Lipinski definition) is 1. The summed E-state index contributed by atoms with van der Waals surface area (Å²) < 4.78 is 13.7. The van der Waals surface area contributed by atoms with Crippen LogP contribution in [0.25, 0.3) is 0 Å². The van der Waals surface area contributed by atoms with Gasteiger partial charge in [-0.25, -0.2) is 4.39 Å². The van der Waals surface area contributed by atoms with Crippen LogP contribution in [-0.2, 0) is 0 Å². The van der Waals surface area contributed by atoms with Crippen LogP contribution in [0, 0.1) is 18.7 Å². The zero-order valence-electron chi connectivity index (χ0n) is 10.8. The van der Waals surface area contributed by atoms with Gasteiger partial charge in [0.05, 0.1) is 5.69 Å². The quantitative estimate of drug-likeness (QED) is 0.812. The molecular formula is C15H22FN. The molecule has 1 aliphatic carbocycles. The molecular weight excluding hydrogens is 213 g/mol. The molecule has 1 fully saturated rings. The lowest BCUT2D eigenvalue weighted by atomic mass is 9.84. The zero-order valence-corrected chi connectivity index (χ0v) is 10.8. The summed E-state index contributed by atoms with van der Waals surface area (Å²) in [6.07, 6.45) is 6.21. The summed E-state index contributed by atoms with van der Waals surface area (Å²) in [7, 11) is 0. The van der Waals surface area contributed by atoms with Crippen LogP contribution in [0.2, 0.25) is 0 Å². The number of benzene rings is 1. The second kappa shape index (κ2) is 5.52. The molecule has 0 bridgehead atoms. The molecule has 1 nitrogen and oxygen atoms in total. The molecule has 1 aromatic rings. The molecule has 2 atom stereocenters. The minimum absolute atomic E-state index is 0.122. The summed E-state index contributed by atoms with van der Waals surface area (Å²) in [4.78, 5) is 0. The molecule has 0 aliphatic heterocycles. The van der Waals surface area contributed by atoms with Gasteiger partial charge >= 0.3 is 0 Å². The summed E-state index contributed by atoms with van der Waals surface area (Å²) in [5.41, 5.74) is 1.71. The third-order valence-corrected chi connectivity index (χ3v) is 3.93. The van der Waals surface area contributed by atoms with Crippen molar-refractivity contribution in [3.8, 4) is 0 Å². The molecule has 2 rings (SSSR count). The summed E-state index contributed by atoms with van der Waals surface area (Å²) in [5, 5.41) is 3.41. The summed E-state index contributed by atoms with van der Waals surface area (Å²) >= 11 is 0. The van der Waals surface area contributed by atoms with Crippen molar-refractivity contribution in [1.82, 2.24) is 0 Å². The fourth-order valence-corrected chi connectivity index (χ4v) is 2.81. The normalized spacial score (nSPS) is 24.6. The predicted molar refractivity (Wildman–Crippen MR) is 70.8 cm³/mol. The molecule has 0 aromatic heterocycles. The number of para-hydroxylation sites is 1. The third-order valence-electron chi connectivity index (χ3n) is 3.93. The molecule has 2 heteroatoms. The van der Waals surface area contributed by atoms with Crippen molar-refractivity contribution >= 4 is 5.69 Å². The van der Waals surface area contributed by atoms with Crippen LogP contribution in [0.3, 0.4) is 0 Å². The van der Waals surface area contributed by atoms with Gasteiger partial charge in [-0.05, 0) is 37.3 Å². The first kappa shape index (κ1) is 12.4. The topological polar surface area (TPSA) is 12.0 Å². The Labute approximate surface area is 103 Å². The highest BCUT2D eigenvalue weighted by atomic mass is 19.1. The summed E-state index contributed by atoms with van der Waals surface area (Å²) in [6, 6.07) is 5.72. The van der Waals surface area contributed by atoms with Crippen LogP contribution in [0.15, 0.2) is 18.2 Å². The van der Waals surface area contributed by atoms with Gasteiger partial charge in [-0.3, -0.25) is 0 Å². The van der Waals surface area contributed by atoms with E-state index in [2.05, 4.69) is 12.2 Å². The molecule has 0 heterocycles. The van der Waals surface area contributed by atoms with Gasteiger partial charge in [-0.1, -0.05) is 38.3 Å². The Kier molecular flexibility index (Phi) is 4.03. The Bertz CT molecular complexity index is 355. The van der Waals surface area contributed by atoms with Crippen molar-refractivity contribution in [3.63, 3.8) is 0 Å². The van der Waals surface area contributed by atoms with Crippen LogP contribution >= 0.6 is 0 Å². The van der Waals surface area contributed by atoms with Crippen molar-refractivity contribution in [2.45, 2.75) is 52.0 Å². The minimum atomic E-state index is -0.122. The number of aryl methyl sites for hydroxylation is 1. The predicted octanol–water partition coefficient (Wildman–Crippen LogP) is 4.51. The second-order valence-corrected chi connectivity index (χ2v) is 5.21. The Hall–Kier alpha value is -1.05. The van der Waals surface area contributed by atoms with Crippen LogP contribution in [-0.4, -0.2) is 6.04 Å². The Morgan fingerprint density at radius 2 is 2.18 bits per heavy atom. The van der Waals surface area contributed by atoms with E-state index in [-0.39, 0.29) is 5.82 Å². The maximum absolute atomic E-state index is 13.7. The van der Waals surface area contributed by atoms with Crippen molar-refractivity contribution in [2.75, 3.05) is 5.32 Å². The highest BCUT2D eigenvalue weighted by molar-refractivity contribution is 5.52. The Morgan fingerprint density at radius 3 is 2.88 bits per heavy atom. The van der Waals surface area contributed by atoms with E-state index in [0.717, 1.165) is 11.5 Å². The van der Waals surface area contributed by atoms with E-state index >= 15 is 0 Å². The molecule has 2 unspecified atom stereocenters. The molecule has 1 aliphatic rings. The molecule has 0 amide bonds. The van der Waals surface area contributed by atoms with E-state index in [4.69, 9.17) is 0 Å².